The van der Waals surface area contributed by atoms with Crippen molar-refractivity contribution in [2.75, 3.05) is 29.9 Å². The predicted octanol–water partition coefficient (Wildman–Crippen LogP) is 4.69. The SMILES string of the molecule is CCOc1ccc(F)c([C@@H](Nc2ccc3c(N)nccc3c2)C(=O)N2CCC[C@@H]2c2cc(N)ccc2S(=O)[O-])c1. The fraction of sp³-hybridized carbons (Fsp3) is 0.241. The van der Waals surface area contributed by atoms with Gasteiger partial charge >= 0.3 is 0 Å². The number of rotatable bonds is 8. The van der Waals surface area contributed by atoms with Gasteiger partial charge in [0.25, 0.3) is 0 Å². The molecule has 1 aromatic heterocycles. The summed E-state index contributed by atoms with van der Waals surface area (Å²) in [4.78, 5) is 20.1. The molecule has 0 bridgehead atoms. The third-order valence-corrected chi connectivity index (χ3v) is 7.78. The van der Waals surface area contributed by atoms with Crippen LogP contribution in [0.25, 0.3) is 10.8 Å². The molecule has 1 aliphatic rings. The van der Waals surface area contributed by atoms with E-state index in [9.17, 15) is 13.6 Å². The Balaban J connectivity index is 1.57. The van der Waals surface area contributed by atoms with Crippen molar-refractivity contribution in [1.29, 1.82) is 0 Å². The Hall–Kier alpha value is -4.22. The van der Waals surface area contributed by atoms with Crippen LogP contribution in [0.15, 0.2) is 71.8 Å². The third kappa shape index (κ3) is 5.43. The Bertz CT molecular complexity index is 1600. The third-order valence-electron chi connectivity index (χ3n) is 7.05. The zero-order valence-electron chi connectivity index (χ0n) is 21.8. The van der Waals surface area contributed by atoms with Gasteiger partial charge in [-0.05, 0) is 102 Å². The van der Waals surface area contributed by atoms with Gasteiger partial charge in [0.2, 0.25) is 5.91 Å². The van der Waals surface area contributed by atoms with E-state index in [4.69, 9.17) is 16.2 Å². The van der Waals surface area contributed by atoms with Gasteiger partial charge < -0.3 is 31.0 Å². The van der Waals surface area contributed by atoms with Crippen LogP contribution in [0.1, 0.15) is 43.0 Å². The van der Waals surface area contributed by atoms with E-state index in [0.717, 1.165) is 10.8 Å². The van der Waals surface area contributed by atoms with Crippen molar-refractivity contribution in [3.05, 3.63) is 83.8 Å². The summed E-state index contributed by atoms with van der Waals surface area (Å²) < 4.78 is 45.0. The maximum absolute atomic E-state index is 15.4. The zero-order chi connectivity index (χ0) is 28.4. The van der Waals surface area contributed by atoms with E-state index >= 15 is 4.39 Å². The number of ether oxygens (including phenoxy) is 1. The van der Waals surface area contributed by atoms with Crippen LogP contribution in [0.3, 0.4) is 0 Å². The van der Waals surface area contributed by atoms with E-state index in [2.05, 4.69) is 10.3 Å². The van der Waals surface area contributed by atoms with Crippen LogP contribution in [0.2, 0.25) is 0 Å². The summed E-state index contributed by atoms with van der Waals surface area (Å²) in [6.07, 6.45) is 2.77. The average molecular weight is 563 g/mol. The molecule has 3 aromatic carbocycles. The highest BCUT2D eigenvalue weighted by Crippen LogP contribution is 2.39. The Labute approximate surface area is 233 Å². The fourth-order valence-corrected chi connectivity index (χ4v) is 5.80. The molecule has 5 rings (SSSR count). The lowest BCUT2D eigenvalue weighted by Crippen LogP contribution is -2.38. The lowest BCUT2D eigenvalue weighted by Gasteiger charge is -2.32. The van der Waals surface area contributed by atoms with Crippen molar-refractivity contribution in [2.45, 2.75) is 36.7 Å². The largest absolute Gasteiger partial charge is 0.768 e. The number of nitrogen functional groups attached to an aromatic ring is 2. The Kier molecular flexibility index (Phi) is 7.85. The van der Waals surface area contributed by atoms with Gasteiger partial charge in [-0.3, -0.25) is 9.00 Å². The van der Waals surface area contributed by atoms with Crippen molar-refractivity contribution in [3.63, 3.8) is 0 Å². The lowest BCUT2D eigenvalue weighted by atomic mass is 10.00. The second-order valence-corrected chi connectivity index (χ2v) is 10.5. The van der Waals surface area contributed by atoms with Gasteiger partial charge in [0, 0.05) is 40.0 Å². The molecule has 208 valence electrons. The van der Waals surface area contributed by atoms with Gasteiger partial charge in [-0.15, -0.1) is 0 Å². The molecule has 3 atom stereocenters. The smallest absolute Gasteiger partial charge is 0.250 e. The molecule has 1 fully saturated rings. The number of fused-ring (bicyclic) bond motifs is 1. The molecule has 1 saturated heterocycles. The maximum Gasteiger partial charge on any atom is 0.250 e. The number of nitrogens with two attached hydrogens (primary N) is 2. The highest BCUT2D eigenvalue weighted by Gasteiger charge is 2.37. The standard InChI is InChI=1S/C29H30FN5O4S/c1-2-39-20-7-9-24(30)22(16-20)27(34-19-6-8-21-17(14-19)11-12-33-28(21)32)29(36)35-13-3-4-25(35)23-15-18(31)5-10-26(23)40(37)38/h5-12,14-16,25,27,34H,2-4,13,31H2,1H3,(H2,32,33)(H,37,38)/p-1/t25-,27-/m1/s1. The number of carbonyl (C=O) groups is 1. The molecule has 9 nitrogen and oxygen atoms in total. The molecular weight excluding hydrogens is 533 g/mol. The van der Waals surface area contributed by atoms with Crippen LogP contribution in [-0.2, 0) is 15.9 Å². The molecule has 0 saturated carbocycles. The molecule has 40 heavy (non-hydrogen) atoms. The average Bonchev–Trinajstić information content (AvgIpc) is 3.42. The number of hydrogen-bond donors (Lipinski definition) is 3. The van der Waals surface area contributed by atoms with Gasteiger partial charge in [-0.25, -0.2) is 9.37 Å². The van der Waals surface area contributed by atoms with Gasteiger partial charge in [-0.1, -0.05) is 0 Å². The van der Waals surface area contributed by atoms with E-state index in [1.165, 1.54) is 30.3 Å². The first-order valence-corrected chi connectivity index (χ1v) is 14.0. The number of nitrogens with one attached hydrogen (secondary N) is 1. The predicted molar refractivity (Wildman–Crippen MR) is 152 cm³/mol. The molecule has 0 spiro atoms. The topological polar surface area (TPSA) is 147 Å². The number of anilines is 3. The fourth-order valence-electron chi connectivity index (χ4n) is 5.23. The first kappa shape index (κ1) is 27.4. The van der Waals surface area contributed by atoms with E-state index in [1.54, 1.807) is 35.4 Å². The second kappa shape index (κ2) is 11.5. The number of nitrogens with zero attached hydrogens (tertiary/aromatic N) is 2. The Morgan fingerprint density at radius 2 is 2.02 bits per heavy atom. The first-order valence-electron chi connectivity index (χ1n) is 12.9. The van der Waals surface area contributed by atoms with Crippen molar-refractivity contribution in [1.82, 2.24) is 9.88 Å². The Morgan fingerprint density at radius 1 is 1.20 bits per heavy atom. The van der Waals surface area contributed by atoms with Gasteiger partial charge in [0.1, 0.15) is 23.4 Å². The number of likely N-dealkylation sites (tertiary alicyclic amines) is 1. The molecular formula is C29H29FN5O4S-. The summed E-state index contributed by atoms with van der Waals surface area (Å²) in [5.74, 6) is -0.187. The van der Waals surface area contributed by atoms with E-state index < -0.39 is 34.9 Å². The molecule has 4 aromatic rings. The lowest BCUT2D eigenvalue weighted by molar-refractivity contribution is -0.133. The normalized spacial score (nSPS) is 16.6. The van der Waals surface area contributed by atoms with Crippen molar-refractivity contribution in [2.24, 2.45) is 0 Å². The van der Waals surface area contributed by atoms with Crippen molar-refractivity contribution in [3.8, 4) is 5.75 Å². The van der Waals surface area contributed by atoms with Gasteiger partial charge in [0.15, 0.2) is 0 Å². The van der Waals surface area contributed by atoms with Crippen LogP contribution in [0.5, 0.6) is 5.75 Å². The minimum Gasteiger partial charge on any atom is -0.768 e. The highest BCUT2D eigenvalue weighted by molar-refractivity contribution is 7.79. The molecule has 5 N–H and O–H groups in total. The molecule has 11 heteroatoms. The van der Waals surface area contributed by atoms with E-state index in [1.807, 2.05) is 13.0 Å². The molecule has 0 aliphatic carbocycles. The number of pyridine rings is 1. The molecule has 1 aliphatic heterocycles. The summed E-state index contributed by atoms with van der Waals surface area (Å²) in [7, 11) is 0. The molecule has 2 heterocycles. The number of halogens is 1. The maximum atomic E-state index is 15.4. The van der Waals surface area contributed by atoms with Crippen LogP contribution < -0.4 is 21.5 Å². The number of amides is 1. The summed E-state index contributed by atoms with van der Waals surface area (Å²) in [6.45, 7) is 2.56. The minimum atomic E-state index is -2.53. The molecule has 1 amide bonds. The summed E-state index contributed by atoms with van der Waals surface area (Å²) in [5.41, 5.74) is 13.5. The first-order chi connectivity index (χ1) is 19.3. The monoisotopic (exact) mass is 562 g/mol. The summed E-state index contributed by atoms with van der Waals surface area (Å²) in [6, 6.07) is 14.3. The van der Waals surface area contributed by atoms with E-state index in [0.29, 0.717) is 54.5 Å². The highest BCUT2D eigenvalue weighted by atomic mass is 32.2. The van der Waals surface area contributed by atoms with Crippen LogP contribution in [0.4, 0.5) is 21.6 Å². The van der Waals surface area contributed by atoms with Crippen molar-refractivity contribution >= 4 is 45.0 Å². The van der Waals surface area contributed by atoms with Crippen molar-refractivity contribution < 1.29 is 22.7 Å². The van der Waals surface area contributed by atoms with Gasteiger partial charge in [-0.2, -0.15) is 0 Å². The number of benzene rings is 3. The summed E-state index contributed by atoms with van der Waals surface area (Å²) >= 11 is -2.53. The number of aromatic nitrogens is 1. The van der Waals surface area contributed by atoms with E-state index in [-0.39, 0.29) is 10.5 Å². The quantitative estimate of drug-likeness (QED) is 0.207. The van der Waals surface area contributed by atoms with Crippen LogP contribution in [-0.4, -0.2) is 37.7 Å². The van der Waals surface area contributed by atoms with Crippen LogP contribution >= 0.6 is 0 Å². The Morgan fingerprint density at radius 3 is 2.80 bits per heavy atom. The summed E-state index contributed by atoms with van der Waals surface area (Å²) in [5, 5.41) is 4.77. The molecule has 1 unspecified atom stereocenters. The second-order valence-electron chi connectivity index (χ2n) is 9.55. The number of hydrogen-bond acceptors (Lipinski definition) is 8. The zero-order valence-corrected chi connectivity index (χ0v) is 22.6. The number of carbonyl (C=O) groups excluding carboxylic acids is 1. The van der Waals surface area contributed by atoms with Crippen LogP contribution in [0, 0.1) is 5.82 Å². The minimum absolute atomic E-state index is 0.0775. The van der Waals surface area contributed by atoms with Gasteiger partial charge in [0.05, 0.1) is 12.6 Å². The molecule has 0 radical (unpaired) electrons.